The van der Waals surface area contributed by atoms with Crippen LogP contribution in [-0.4, -0.2) is 38.2 Å². The number of nitrogens with zero attached hydrogens (tertiary/aromatic N) is 3. The van der Waals surface area contributed by atoms with E-state index in [0.29, 0.717) is 5.69 Å². The zero-order valence-electron chi connectivity index (χ0n) is 9.55. The number of aliphatic carboxylic acids is 1. The summed E-state index contributed by atoms with van der Waals surface area (Å²) < 4.78 is 3.57. The van der Waals surface area contributed by atoms with E-state index in [4.69, 9.17) is 5.11 Å². The molecule has 2 rings (SSSR count). The van der Waals surface area contributed by atoms with Gasteiger partial charge in [-0.25, -0.2) is 0 Å². The third-order valence-electron chi connectivity index (χ3n) is 2.27. The molecular formula is C11H9N3O4S. The summed E-state index contributed by atoms with van der Waals surface area (Å²) in [6, 6.07) is 5.68. The average molecular weight is 279 g/mol. The lowest BCUT2D eigenvalue weighted by molar-refractivity contribution is -0.135. The Morgan fingerprint density at radius 1 is 1.26 bits per heavy atom. The molecule has 0 unspecified atom stereocenters. The first-order valence-corrected chi connectivity index (χ1v) is 5.95. The number of benzene rings is 1. The standard InChI is InChI=1S/C11H9N3O4S/c15-8-3-1-7(2-4-8)14(6-10(16)17)11(18)9-5-12-13-19-9/h1-5,15H,6H2,(H,16,17). The molecule has 2 N–H and O–H groups in total. The lowest BCUT2D eigenvalue weighted by atomic mass is 10.2. The quantitative estimate of drug-likeness (QED) is 0.864. The Balaban J connectivity index is 2.33. The van der Waals surface area contributed by atoms with Gasteiger partial charge in [0.05, 0.1) is 6.20 Å². The van der Waals surface area contributed by atoms with E-state index in [1.54, 1.807) is 0 Å². The monoisotopic (exact) mass is 279 g/mol. The minimum Gasteiger partial charge on any atom is -0.508 e. The van der Waals surface area contributed by atoms with Crippen LogP contribution in [-0.2, 0) is 4.79 Å². The van der Waals surface area contributed by atoms with Crippen molar-refractivity contribution in [2.24, 2.45) is 0 Å². The molecule has 0 aliphatic rings. The van der Waals surface area contributed by atoms with Crippen molar-refractivity contribution in [2.45, 2.75) is 0 Å². The summed E-state index contributed by atoms with van der Waals surface area (Å²) >= 11 is 0.890. The van der Waals surface area contributed by atoms with Crippen LogP contribution in [0.3, 0.4) is 0 Å². The Hall–Kier alpha value is -2.48. The van der Waals surface area contributed by atoms with Crippen molar-refractivity contribution >= 4 is 29.1 Å². The number of anilines is 1. The topological polar surface area (TPSA) is 104 Å². The summed E-state index contributed by atoms with van der Waals surface area (Å²) in [6.45, 7) is -0.485. The number of phenolic OH excluding ortho intramolecular Hbond substituents is 1. The lowest BCUT2D eigenvalue weighted by Gasteiger charge is -2.19. The normalized spacial score (nSPS) is 10.1. The average Bonchev–Trinajstić information content (AvgIpc) is 2.90. The molecule has 0 bridgehead atoms. The molecule has 1 aromatic carbocycles. The lowest BCUT2D eigenvalue weighted by Crippen LogP contribution is -2.35. The predicted molar refractivity (Wildman–Crippen MR) is 67.3 cm³/mol. The number of hydrogen-bond donors (Lipinski definition) is 2. The SMILES string of the molecule is O=C(O)CN(C(=O)c1cnns1)c1ccc(O)cc1. The Kier molecular flexibility index (Phi) is 3.71. The van der Waals surface area contributed by atoms with Crippen LogP contribution in [0.4, 0.5) is 5.69 Å². The van der Waals surface area contributed by atoms with Crippen molar-refractivity contribution in [3.8, 4) is 5.75 Å². The summed E-state index contributed by atoms with van der Waals surface area (Å²) in [6.07, 6.45) is 1.28. The molecule has 0 aliphatic heterocycles. The predicted octanol–water partition coefficient (Wildman–Crippen LogP) is 0.975. The second-order valence-corrected chi connectivity index (χ2v) is 4.37. The fraction of sp³-hybridized carbons (Fsp3) is 0.0909. The van der Waals surface area contributed by atoms with E-state index in [2.05, 4.69) is 9.59 Å². The molecule has 0 saturated carbocycles. The highest BCUT2D eigenvalue weighted by Gasteiger charge is 2.22. The van der Waals surface area contributed by atoms with Crippen molar-refractivity contribution < 1.29 is 19.8 Å². The number of hydrogen-bond acceptors (Lipinski definition) is 6. The molecule has 19 heavy (non-hydrogen) atoms. The van der Waals surface area contributed by atoms with Gasteiger partial charge in [-0.15, -0.1) is 5.10 Å². The molecule has 0 fully saturated rings. The molecule has 1 heterocycles. The van der Waals surface area contributed by atoms with Crippen LogP contribution in [0.1, 0.15) is 9.67 Å². The van der Waals surface area contributed by atoms with Crippen LogP contribution in [0, 0.1) is 0 Å². The van der Waals surface area contributed by atoms with Gasteiger partial charge in [0.2, 0.25) is 0 Å². The summed E-state index contributed by atoms with van der Waals surface area (Å²) in [5.41, 5.74) is 0.374. The minimum absolute atomic E-state index is 0.0333. The Morgan fingerprint density at radius 3 is 2.47 bits per heavy atom. The van der Waals surface area contributed by atoms with Gasteiger partial charge in [0.25, 0.3) is 5.91 Å². The van der Waals surface area contributed by atoms with E-state index in [1.807, 2.05) is 0 Å². The first-order chi connectivity index (χ1) is 9.08. The molecule has 0 atom stereocenters. The van der Waals surface area contributed by atoms with Crippen LogP contribution in [0.5, 0.6) is 5.75 Å². The summed E-state index contributed by atoms with van der Waals surface area (Å²) in [7, 11) is 0. The maximum absolute atomic E-state index is 12.2. The molecule has 7 nitrogen and oxygen atoms in total. The zero-order chi connectivity index (χ0) is 13.8. The van der Waals surface area contributed by atoms with Gasteiger partial charge in [-0.2, -0.15) is 0 Å². The number of amides is 1. The summed E-state index contributed by atoms with van der Waals surface area (Å²) in [5.74, 6) is -1.60. The number of phenols is 1. The Morgan fingerprint density at radius 2 is 1.95 bits per heavy atom. The number of carbonyl (C=O) groups excluding carboxylic acids is 1. The van der Waals surface area contributed by atoms with Gasteiger partial charge in [-0.05, 0) is 35.8 Å². The van der Waals surface area contributed by atoms with Crippen LogP contribution >= 0.6 is 11.5 Å². The molecule has 98 valence electrons. The van der Waals surface area contributed by atoms with Gasteiger partial charge in [-0.3, -0.25) is 14.5 Å². The molecule has 0 saturated heterocycles. The summed E-state index contributed by atoms with van der Waals surface area (Å²) in [5, 5.41) is 21.6. The molecular weight excluding hydrogens is 270 g/mol. The van der Waals surface area contributed by atoms with Gasteiger partial charge >= 0.3 is 5.97 Å². The Labute approximate surface area is 111 Å². The maximum atomic E-state index is 12.2. The van der Waals surface area contributed by atoms with Gasteiger partial charge in [0, 0.05) is 5.69 Å². The first kappa shape index (κ1) is 13.0. The van der Waals surface area contributed by atoms with E-state index in [1.165, 1.54) is 30.5 Å². The van der Waals surface area contributed by atoms with E-state index < -0.39 is 18.4 Å². The number of carbonyl (C=O) groups is 2. The van der Waals surface area contributed by atoms with Gasteiger partial charge < -0.3 is 10.2 Å². The van der Waals surface area contributed by atoms with Crippen molar-refractivity contribution in [1.82, 2.24) is 9.59 Å². The van der Waals surface area contributed by atoms with Crippen LogP contribution in [0.25, 0.3) is 0 Å². The molecule has 1 aromatic heterocycles. The highest BCUT2D eigenvalue weighted by atomic mass is 32.1. The van der Waals surface area contributed by atoms with Gasteiger partial charge in [-0.1, -0.05) is 4.49 Å². The largest absolute Gasteiger partial charge is 0.508 e. The van der Waals surface area contributed by atoms with Crippen LogP contribution < -0.4 is 4.90 Å². The summed E-state index contributed by atoms with van der Waals surface area (Å²) in [4.78, 5) is 24.3. The van der Waals surface area contributed by atoms with Crippen molar-refractivity contribution in [3.05, 3.63) is 35.3 Å². The third kappa shape index (κ3) is 3.05. The van der Waals surface area contributed by atoms with Crippen LogP contribution in [0.15, 0.2) is 30.5 Å². The number of carboxylic acid groups (broad SMARTS) is 1. The van der Waals surface area contributed by atoms with Crippen molar-refractivity contribution in [1.29, 1.82) is 0 Å². The smallest absolute Gasteiger partial charge is 0.323 e. The second-order valence-electron chi connectivity index (χ2n) is 3.58. The number of aromatic hydroxyl groups is 1. The van der Waals surface area contributed by atoms with Gasteiger partial charge in [0.1, 0.15) is 17.2 Å². The van der Waals surface area contributed by atoms with Crippen LogP contribution in [0.2, 0.25) is 0 Å². The number of aromatic nitrogens is 2. The fourth-order valence-corrected chi connectivity index (χ4v) is 1.91. The second kappa shape index (κ2) is 5.44. The van der Waals surface area contributed by atoms with Crippen molar-refractivity contribution in [2.75, 3.05) is 11.4 Å². The van der Waals surface area contributed by atoms with E-state index in [9.17, 15) is 14.7 Å². The van der Waals surface area contributed by atoms with Crippen molar-refractivity contribution in [3.63, 3.8) is 0 Å². The van der Waals surface area contributed by atoms with Gasteiger partial charge in [0.15, 0.2) is 0 Å². The zero-order valence-corrected chi connectivity index (χ0v) is 10.4. The fourth-order valence-electron chi connectivity index (χ4n) is 1.44. The number of carboxylic acids is 1. The highest BCUT2D eigenvalue weighted by molar-refractivity contribution is 7.07. The maximum Gasteiger partial charge on any atom is 0.323 e. The van der Waals surface area contributed by atoms with E-state index in [0.717, 1.165) is 16.4 Å². The first-order valence-electron chi connectivity index (χ1n) is 5.18. The molecule has 0 aliphatic carbocycles. The highest BCUT2D eigenvalue weighted by Crippen LogP contribution is 2.21. The molecule has 2 aromatic rings. The number of rotatable bonds is 4. The Bertz CT molecular complexity index is 582. The van der Waals surface area contributed by atoms with E-state index >= 15 is 0 Å². The van der Waals surface area contributed by atoms with E-state index in [-0.39, 0.29) is 10.6 Å². The molecule has 0 radical (unpaired) electrons. The minimum atomic E-state index is -1.14. The molecule has 0 spiro atoms. The molecule has 8 heteroatoms. The molecule has 1 amide bonds. The third-order valence-corrected chi connectivity index (χ3v) is 2.92.